The first-order chi connectivity index (χ1) is 9.17. The molecule has 0 N–H and O–H groups in total. The number of fused-ring (bicyclic) bond motifs is 3. The largest absolute Gasteiger partial charge is 0.374 e. The van der Waals surface area contributed by atoms with Crippen molar-refractivity contribution in [2.24, 2.45) is 0 Å². The minimum atomic E-state index is -0.325. The van der Waals surface area contributed by atoms with Gasteiger partial charge in [0.2, 0.25) is 0 Å². The van der Waals surface area contributed by atoms with E-state index in [9.17, 15) is 10.1 Å². The van der Waals surface area contributed by atoms with Crippen molar-refractivity contribution in [1.29, 1.82) is 0 Å². The molecule has 0 amide bonds. The average molecular weight is 327 g/mol. The van der Waals surface area contributed by atoms with E-state index in [1.807, 2.05) is 6.07 Å². The van der Waals surface area contributed by atoms with Crippen molar-refractivity contribution in [2.75, 3.05) is 18.1 Å². The Bertz CT molecular complexity index is 501. The molecule has 2 atom stereocenters. The minimum Gasteiger partial charge on any atom is -0.374 e. The molecule has 2 bridgehead atoms. The van der Waals surface area contributed by atoms with E-state index in [1.165, 1.54) is 0 Å². The number of benzene rings is 1. The van der Waals surface area contributed by atoms with E-state index in [-0.39, 0.29) is 16.7 Å². The van der Waals surface area contributed by atoms with Gasteiger partial charge in [-0.3, -0.25) is 10.1 Å². The zero-order valence-electron chi connectivity index (χ0n) is 10.4. The Labute approximate surface area is 119 Å². The Kier molecular flexibility index (Phi) is 3.45. The van der Waals surface area contributed by atoms with Crippen LogP contribution >= 0.6 is 15.9 Å². The first-order valence-electron chi connectivity index (χ1n) is 6.40. The number of piperidine rings is 1. The van der Waals surface area contributed by atoms with Gasteiger partial charge in [-0.15, -0.1) is 0 Å². The molecule has 6 heteroatoms. The molecular weight excluding hydrogens is 312 g/mol. The van der Waals surface area contributed by atoms with Crippen LogP contribution in [0.15, 0.2) is 18.2 Å². The Morgan fingerprint density at radius 3 is 2.79 bits per heavy atom. The molecule has 0 aliphatic carbocycles. The van der Waals surface area contributed by atoms with Crippen LogP contribution in [0.5, 0.6) is 0 Å². The smallest absolute Gasteiger partial charge is 0.271 e. The summed E-state index contributed by atoms with van der Waals surface area (Å²) in [6.45, 7) is 1.57. The molecule has 0 aromatic heterocycles. The predicted molar refractivity (Wildman–Crippen MR) is 75.8 cm³/mol. The fourth-order valence-corrected chi connectivity index (χ4v) is 3.20. The van der Waals surface area contributed by atoms with E-state index in [1.54, 1.807) is 12.1 Å². The van der Waals surface area contributed by atoms with Gasteiger partial charge in [-0.1, -0.05) is 15.9 Å². The second-order valence-corrected chi connectivity index (χ2v) is 5.65. The molecule has 1 aromatic carbocycles. The van der Waals surface area contributed by atoms with Gasteiger partial charge in [-0.05, 0) is 24.5 Å². The second kappa shape index (κ2) is 5.09. The molecule has 4 rings (SSSR count). The number of alkyl halides is 1. The molecular formula is C13H15BrN2O3. The van der Waals surface area contributed by atoms with Gasteiger partial charge in [0.15, 0.2) is 0 Å². The highest BCUT2D eigenvalue weighted by molar-refractivity contribution is 9.08. The summed E-state index contributed by atoms with van der Waals surface area (Å²) in [7, 11) is 0. The lowest BCUT2D eigenvalue weighted by Crippen LogP contribution is -2.54. The number of halogens is 1. The van der Waals surface area contributed by atoms with Crippen LogP contribution in [-0.4, -0.2) is 30.2 Å². The molecule has 2 unspecified atom stereocenters. The summed E-state index contributed by atoms with van der Waals surface area (Å²) in [6.07, 6.45) is 2.48. The van der Waals surface area contributed by atoms with Gasteiger partial charge < -0.3 is 9.64 Å². The van der Waals surface area contributed by atoms with Crippen molar-refractivity contribution in [1.82, 2.24) is 0 Å². The summed E-state index contributed by atoms with van der Waals surface area (Å²) in [4.78, 5) is 12.9. The normalized spacial score (nSPS) is 25.6. The zero-order valence-corrected chi connectivity index (χ0v) is 12.0. The molecule has 102 valence electrons. The number of hydrogen-bond donors (Lipinski definition) is 0. The van der Waals surface area contributed by atoms with Crippen molar-refractivity contribution >= 4 is 27.3 Å². The Morgan fingerprint density at radius 2 is 2.26 bits per heavy atom. The van der Waals surface area contributed by atoms with Crippen LogP contribution in [0, 0.1) is 10.1 Å². The number of ether oxygens (including phenoxy) is 1. The van der Waals surface area contributed by atoms with Crippen LogP contribution in [0.3, 0.4) is 0 Å². The van der Waals surface area contributed by atoms with Crippen LogP contribution in [0.2, 0.25) is 0 Å². The lowest BCUT2D eigenvalue weighted by atomic mass is 9.96. The molecule has 3 saturated heterocycles. The number of non-ortho nitro benzene ring substituents is 1. The predicted octanol–water partition coefficient (Wildman–Crippen LogP) is 2.86. The third-order valence-electron chi connectivity index (χ3n) is 3.85. The highest BCUT2D eigenvalue weighted by Crippen LogP contribution is 2.33. The van der Waals surface area contributed by atoms with Crippen LogP contribution in [0.1, 0.15) is 18.4 Å². The van der Waals surface area contributed by atoms with E-state index in [0.29, 0.717) is 11.4 Å². The SMILES string of the molecule is O=[N+]([O-])c1cc(CBr)cc(N2CC3CCC2CO3)c1. The van der Waals surface area contributed by atoms with Crippen LogP contribution < -0.4 is 4.90 Å². The first-order valence-corrected chi connectivity index (χ1v) is 7.52. The maximum atomic E-state index is 11.0. The van der Waals surface area contributed by atoms with Gasteiger partial charge in [0.1, 0.15) is 0 Å². The van der Waals surface area contributed by atoms with E-state index in [0.717, 1.165) is 37.2 Å². The molecule has 0 radical (unpaired) electrons. The molecule has 0 spiro atoms. The fourth-order valence-electron chi connectivity index (χ4n) is 2.87. The van der Waals surface area contributed by atoms with E-state index in [4.69, 9.17) is 4.74 Å². The molecule has 19 heavy (non-hydrogen) atoms. The first kappa shape index (κ1) is 12.9. The number of nitro benzene ring substituents is 1. The number of nitro groups is 1. The summed E-state index contributed by atoms with van der Waals surface area (Å²) >= 11 is 3.37. The molecule has 0 saturated carbocycles. The summed E-state index contributed by atoms with van der Waals surface area (Å²) in [6, 6.07) is 5.68. The van der Waals surface area contributed by atoms with Gasteiger partial charge in [0, 0.05) is 29.7 Å². The monoisotopic (exact) mass is 326 g/mol. The summed E-state index contributed by atoms with van der Waals surface area (Å²) in [5.74, 6) is 0. The fraction of sp³-hybridized carbons (Fsp3) is 0.538. The van der Waals surface area contributed by atoms with E-state index >= 15 is 0 Å². The molecule has 1 aromatic rings. The van der Waals surface area contributed by atoms with E-state index < -0.39 is 0 Å². The number of anilines is 1. The van der Waals surface area contributed by atoms with E-state index in [2.05, 4.69) is 20.8 Å². The van der Waals surface area contributed by atoms with Gasteiger partial charge >= 0.3 is 0 Å². The van der Waals surface area contributed by atoms with Crippen LogP contribution in [0.25, 0.3) is 0 Å². The Balaban J connectivity index is 1.95. The number of morpholine rings is 1. The quantitative estimate of drug-likeness (QED) is 0.487. The molecule has 3 aliphatic heterocycles. The maximum Gasteiger partial charge on any atom is 0.271 e. The molecule has 5 nitrogen and oxygen atoms in total. The third kappa shape index (κ3) is 2.47. The van der Waals surface area contributed by atoms with Gasteiger partial charge in [-0.2, -0.15) is 0 Å². The number of hydrogen-bond acceptors (Lipinski definition) is 4. The topological polar surface area (TPSA) is 55.6 Å². The number of rotatable bonds is 3. The Morgan fingerprint density at radius 1 is 1.42 bits per heavy atom. The summed E-state index contributed by atoms with van der Waals surface area (Å²) in [5.41, 5.74) is 2.04. The minimum absolute atomic E-state index is 0.161. The lowest BCUT2D eigenvalue weighted by Gasteiger charge is -2.46. The van der Waals surface area contributed by atoms with Crippen molar-refractivity contribution in [3.05, 3.63) is 33.9 Å². The lowest BCUT2D eigenvalue weighted by molar-refractivity contribution is -0.384. The maximum absolute atomic E-state index is 11.0. The van der Waals surface area contributed by atoms with Crippen molar-refractivity contribution in [3.8, 4) is 0 Å². The van der Waals surface area contributed by atoms with Crippen molar-refractivity contribution < 1.29 is 9.66 Å². The summed E-state index contributed by atoms with van der Waals surface area (Å²) in [5, 5.41) is 11.6. The highest BCUT2D eigenvalue weighted by atomic mass is 79.9. The van der Waals surface area contributed by atoms with Crippen LogP contribution in [0.4, 0.5) is 11.4 Å². The molecule has 3 heterocycles. The zero-order chi connectivity index (χ0) is 13.4. The van der Waals surface area contributed by atoms with Crippen LogP contribution in [-0.2, 0) is 10.1 Å². The van der Waals surface area contributed by atoms with Gasteiger partial charge in [0.05, 0.1) is 23.7 Å². The molecule has 3 fully saturated rings. The third-order valence-corrected chi connectivity index (χ3v) is 4.49. The standard InChI is InChI=1S/C13H15BrN2O3/c14-6-9-3-11(5-12(4-9)16(17)18)15-7-13-2-1-10(15)8-19-13/h3-5,10,13H,1-2,6-8H2. The van der Waals surface area contributed by atoms with Crippen molar-refractivity contribution in [2.45, 2.75) is 30.3 Å². The van der Waals surface area contributed by atoms with Crippen molar-refractivity contribution in [3.63, 3.8) is 0 Å². The average Bonchev–Trinajstić information content (AvgIpc) is 2.47. The summed E-state index contributed by atoms with van der Waals surface area (Å²) < 4.78 is 5.68. The molecule has 3 aliphatic rings. The Hall–Kier alpha value is -1.14. The highest BCUT2D eigenvalue weighted by Gasteiger charge is 2.35. The number of nitrogens with zero attached hydrogens (tertiary/aromatic N) is 2. The van der Waals surface area contributed by atoms with Gasteiger partial charge in [-0.25, -0.2) is 0 Å². The second-order valence-electron chi connectivity index (χ2n) is 5.09. The van der Waals surface area contributed by atoms with Gasteiger partial charge in [0.25, 0.3) is 5.69 Å².